The summed E-state index contributed by atoms with van der Waals surface area (Å²) in [7, 11) is -1.60. The largest absolute Gasteiger partial charge is 0.356 e. The minimum Gasteiger partial charge on any atom is -0.356 e. The Kier molecular flexibility index (Phi) is 6.29. The van der Waals surface area contributed by atoms with Crippen molar-refractivity contribution in [1.82, 2.24) is 14.2 Å². The Bertz CT molecular complexity index is 1050. The van der Waals surface area contributed by atoms with Gasteiger partial charge in [-0.1, -0.05) is 11.6 Å². The molecule has 2 heterocycles. The van der Waals surface area contributed by atoms with Crippen LogP contribution in [0.15, 0.2) is 47.0 Å². The number of aromatic nitrogens is 1. The molecule has 2 aliphatic rings. The van der Waals surface area contributed by atoms with Crippen molar-refractivity contribution in [3.05, 3.63) is 42.1 Å². The van der Waals surface area contributed by atoms with E-state index in [1.54, 1.807) is 12.1 Å². The predicted molar refractivity (Wildman–Crippen MR) is 119 cm³/mol. The molecule has 1 aliphatic heterocycles. The Labute approximate surface area is 179 Å². The maximum atomic E-state index is 13.1. The molecule has 1 aromatic heterocycles. The van der Waals surface area contributed by atoms with Crippen LogP contribution >= 0.6 is 0 Å². The van der Waals surface area contributed by atoms with Crippen molar-refractivity contribution in [3.8, 4) is 0 Å². The van der Waals surface area contributed by atoms with Gasteiger partial charge < -0.3 is 9.88 Å². The lowest BCUT2D eigenvalue weighted by Gasteiger charge is -2.30. The molecule has 1 fully saturated rings. The van der Waals surface area contributed by atoms with Crippen molar-refractivity contribution >= 4 is 26.8 Å². The molecular formula is C23H31N3O3S. The normalized spacial score (nSPS) is 19.0. The molecule has 162 valence electrons. The van der Waals surface area contributed by atoms with E-state index in [0.29, 0.717) is 37.4 Å². The number of rotatable bonds is 6. The Hall–Kier alpha value is -2.12. The van der Waals surface area contributed by atoms with Crippen molar-refractivity contribution in [2.45, 2.75) is 49.8 Å². The van der Waals surface area contributed by atoms with Gasteiger partial charge >= 0.3 is 0 Å². The first-order valence-electron chi connectivity index (χ1n) is 11.0. The molecule has 0 bridgehead atoms. The lowest BCUT2D eigenvalue weighted by Crippen LogP contribution is -2.43. The zero-order valence-corrected chi connectivity index (χ0v) is 18.5. The average molecular weight is 430 g/mol. The molecule has 4 rings (SSSR count). The number of amides is 1. The molecule has 0 saturated carbocycles. The first-order chi connectivity index (χ1) is 14.4. The summed E-state index contributed by atoms with van der Waals surface area (Å²) in [5.41, 5.74) is 2.46. The third-order valence-electron chi connectivity index (χ3n) is 6.45. The van der Waals surface area contributed by atoms with Crippen molar-refractivity contribution in [2.24, 2.45) is 13.0 Å². The fourth-order valence-corrected chi connectivity index (χ4v) is 6.06. The van der Waals surface area contributed by atoms with Crippen molar-refractivity contribution in [1.29, 1.82) is 0 Å². The summed E-state index contributed by atoms with van der Waals surface area (Å²) in [5.74, 6) is -0.0393. The van der Waals surface area contributed by atoms with Gasteiger partial charge in [0.15, 0.2) is 0 Å². The van der Waals surface area contributed by atoms with Crippen LogP contribution < -0.4 is 5.32 Å². The molecule has 1 amide bonds. The number of piperidine rings is 1. The van der Waals surface area contributed by atoms with Gasteiger partial charge in [-0.05, 0) is 69.2 Å². The SMILES string of the molecule is Cn1ccc2cc(S(=O)(=O)N3CCC(C(=O)NCCC4=CCCCC4)CC3)ccc21. The van der Waals surface area contributed by atoms with Crippen LogP contribution in [0.4, 0.5) is 0 Å². The minimum absolute atomic E-state index is 0.0640. The smallest absolute Gasteiger partial charge is 0.243 e. The minimum atomic E-state index is -3.54. The number of aryl methyl sites for hydroxylation is 1. The fourth-order valence-electron chi connectivity index (χ4n) is 4.55. The highest BCUT2D eigenvalue weighted by molar-refractivity contribution is 7.89. The number of sulfonamides is 1. The number of fused-ring (bicyclic) bond motifs is 1. The summed E-state index contributed by atoms with van der Waals surface area (Å²) >= 11 is 0. The van der Waals surface area contributed by atoms with Crippen LogP contribution in [0.2, 0.25) is 0 Å². The molecule has 7 heteroatoms. The second-order valence-electron chi connectivity index (χ2n) is 8.47. The standard InChI is InChI=1S/C23H31N3O3S/c1-25-14-10-20-17-21(7-8-22(20)25)30(28,29)26-15-11-19(12-16-26)23(27)24-13-9-18-5-3-2-4-6-18/h5,7-8,10,14,17,19H,2-4,6,9,11-13,15-16H2,1H3,(H,24,27). The third kappa shape index (κ3) is 4.47. The maximum absolute atomic E-state index is 13.1. The highest BCUT2D eigenvalue weighted by Crippen LogP contribution is 2.27. The van der Waals surface area contributed by atoms with E-state index < -0.39 is 10.0 Å². The Morgan fingerprint density at radius 3 is 2.70 bits per heavy atom. The van der Waals surface area contributed by atoms with E-state index in [1.165, 1.54) is 22.7 Å². The second-order valence-corrected chi connectivity index (χ2v) is 10.4. The number of nitrogens with one attached hydrogen (secondary N) is 1. The molecule has 0 atom stereocenters. The van der Waals surface area contributed by atoms with Gasteiger partial charge in [0, 0.05) is 49.7 Å². The van der Waals surface area contributed by atoms with Gasteiger partial charge in [-0.15, -0.1) is 0 Å². The lowest BCUT2D eigenvalue weighted by atomic mass is 9.96. The number of carbonyl (C=O) groups excluding carboxylic acids is 1. The van der Waals surface area contributed by atoms with Gasteiger partial charge in [-0.3, -0.25) is 4.79 Å². The Balaban J connectivity index is 1.31. The van der Waals surface area contributed by atoms with Gasteiger partial charge in [0.1, 0.15) is 0 Å². The molecular weight excluding hydrogens is 398 g/mol. The predicted octanol–water partition coefficient (Wildman–Crippen LogP) is 3.59. The molecule has 30 heavy (non-hydrogen) atoms. The molecule has 1 N–H and O–H groups in total. The van der Waals surface area contributed by atoms with Crippen LogP contribution in [-0.2, 0) is 21.9 Å². The molecule has 6 nitrogen and oxygen atoms in total. The number of hydrogen-bond donors (Lipinski definition) is 1. The van der Waals surface area contributed by atoms with Crippen LogP contribution in [-0.4, -0.2) is 42.8 Å². The van der Waals surface area contributed by atoms with Crippen LogP contribution in [0.3, 0.4) is 0 Å². The maximum Gasteiger partial charge on any atom is 0.243 e. The van der Waals surface area contributed by atoms with E-state index in [4.69, 9.17) is 0 Å². The molecule has 1 saturated heterocycles. The van der Waals surface area contributed by atoms with Crippen molar-refractivity contribution < 1.29 is 13.2 Å². The first-order valence-corrected chi connectivity index (χ1v) is 12.4. The highest BCUT2D eigenvalue weighted by atomic mass is 32.2. The number of carbonyl (C=O) groups is 1. The summed E-state index contributed by atoms with van der Waals surface area (Å²) in [6.45, 7) is 1.46. The van der Waals surface area contributed by atoms with Gasteiger partial charge in [-0.25, -0.2) is 8.42 Å². The van der Waals surface area contributed by atoms with E-state index in [0.717, 1.165) is 30.2 Å². The van der Waals surface area contributed by atoms with Crippen molar-refractivity contribution in [3.63, 3.8) is 0 Å². The Morgan fingerprint density at radius 2 is 1.97 bits per heavy atom. The first kappa shape index (κ1) is 21.1. The summed E-state index contributed by atoms with van der Waals surface area (Å²) in [6.07, 6.45) is 11.2. The number of benzene rings is 1. The summed E-state index contributed by atoms with van der Waals surface area (Å²) < 4.78 is 29.6. The van der Waals surface area contributed by atoms with Crippen LogP contribution in [0, 0.1) is 5.92 Å². The van der Waals surface area contributed by atoms with E-state index in [1.807, 2.05) is 29.9 Å². The molecule has 0 radical (unpaired) electrons. The van der Waals surface area contributed by atoms with Gasteiger partial charge in [0.25, 0.3) is 0 Å². The topological polar surface area (TPSA) is 71.4 Å². The number of nitrogens with zero attached hydrogens (tertiary/aromatic N) is 2. The summed E-state index contributed by atoms with van der Waals surface area (Å²) in [6, 6.07) is 7.19. The fraction of sp³-hybridized carbons (Fsp3) is 0.522. The second kappa shape index (κ2) is 8.94. The average Bonchev–Trinajstić information content (AvgIpc) is 3.15. The summed E-state index contributed by atoms with van der Waals surface area (Å²) in [4.78, 5) is 12.8. The molecule has 1 aliphatic carbocycles. The van der Waals surface area contributed by atoms with Gasteiger partial charge in [0.05, 0.1) is 4.90 Å². The van der Waals surface area contributed by atoms with Gasteiger partial charge in [0.2, 0.25) is 15.9 Å². The highest BCUT2D eigenvalue weighted by Gasteiger charge is 2.32. The van der Waals surface area contributed by atoms with E-state index in [2.05, 4.69) is 11.4 Å². The lowest BCUT2D eigenvalue weighted by molar-refractivity contribution is -0.126. The van der Waals surface area contributed by atoms with E-state index in [9.17, 15) is 13.2 Å². The quantitative estimate of drug-likeness (QED) is 0.714. The molecule has 0 unspecified atom stereocenters. The summed E-state index contributed by atoms with van der Waals surface area (Å²) in [5, 5.41) is 3.97. The van der Waals surface area contributed by atoms with Crippen LogP contribution in [0.5, 0.6) is 0 Å². The van der Waals surface area contributed by atoms with Crippen LogP contribution in [0.25, 0.3) is 10.9 Å². The Morgan fingerprint density at radius 1 is 1.17 bits per heavy atom. The zero-order valence-electron chi connectivity index (χ0n) is 17.6. The monoisotopic (exact) mass is 429 g/mol. The van der Waals surface area contributed by atoms with Gasteiger partial charge in [-0.2, -0.15) is 4.31 Å². The van der Waals surface area contributed by atoms with E-state index in [-0.39, 0.29) is 11.8 Å². The van der Waals surface area contributed by atoms with E-state index >= 15 is 0 Å². The van der Waals surface area contributed by atoms with Crippen LogP contribution in [0.1, 0.15) is 44.9 Å². The molecule has 1 aromatic carbocycles. The molecule has 2 aromatic rings. The zero-order chi connectivity index (χ0) is 21.1. The molecule has 0 spiro atoms. The number of allylic oxidation sites excluding steroid dienone is 1. The third-order valence-corrected chi connectivity index (χ3v) is 8.34. The number of hydrogen-bond acceptors (Lipinski definition) is 3. The van der Waals surface area contributed by atoms with Crippen molar-refractivity contribution in [2.75, 3.05) is 19.6 Å².